The molecule has 1 fully saturated rings. The normalized spacial score (nSPS) is 15.0. The van der Waals surface area contributed by atoms with E-state index in [0.717, 1.165) is 11.3 Å². The van der Waals surface area contributed by atoms with Crippen LogP contribution < -0.4 is 5.32 Å². The van der Waals surface area contributed by atoms with Gasteiger partial charge in [-0.05, 0) is 37.5 Å². The zero-order valence-electron chi connectivity index (χ0n) is 14.6. The van der Waals surface area contributed by atoms with Crippen molar-refractivity contribution in [2.45, 2.75) is 37.1 Å². The Kier molecular flexibility index (Phi) is 4.40. The number of hydrogen-bond acceptors (Lipinski definition) is 4. The molecule has 0 aliphatic heterocycles. The number of aromatic nitrogens is 2. The monoisotopic (exact) mass is 348 g/mol. The number of benzene rings is 1. The summed E-state index contributed by atoms with van der Waals surface area (Å²) in [5, 5.41) is 7.75. The zero-order chi connectivity index (χ0) is 17.5. The first-order valence-electron chi connectivity index (χ1n) is 8.08. The van der Waals surface area contributed by atoms with Crippen molar-refractivity contribution in [3.63, 3.8) is 0 Å². The van der Waals surface area contributed by atoms with Crippen LogP contribution in [0.15, 0.2) is 29.3 Å². The highest BCUT2D eigenvalue weighted by Gasteiger charge is 2.29. The van der Waals surface area contributed by atoms with Gasteiger partial charge in [-0.1, -0.05) is 6.07 Å². The molecule has 3 rings (SSSR count). The van der Waals surface area contributed by atoms with Crippen LogP contribution in [0.5, 0.6) is 0 Å². The van der Waals surface area contributed by atoms with Crippen molar-refractivity contribution in [1.29, 1.82) is 0 Å². The summed E-state index contributed by atoms with van der Waals surface area (Å²) in [6, 6.07) is 5.19. The van der Waals surface area contributed by atoms with Crippen molar-refractivity contribution in [3.05, 3.63) is 41.2 Å². The Hall–Kier alpha value is -1.86. The van der Waals surface area contributed by atoms with Gasteiger partial charge in [0.15, 0.2) is 0 Å². The number of anilines is 1. The molecular formula is C17H24N4O2S. The smallest absolute Gasteiger partial charge is 0.242 e. The molecule has 130 valence electrons. The number of nitrogens with zero attached hydrogens (tertiary/aromatic N) is 3. The van der Waals surface area contributed by atoms with Crippen molar-refractivity contribution in [2.24, 2.45) is 7.05 Å². The third kappa shape index (κ3) is 3.18. The van der Waals surface area contributed by atoms with Crippen LogP contribution in [0, 0.1) is 6.92 Å². The maximum atomic E-state index is 12.3. The van der Waals surface area contributed by atoms with Gasteiger partial charge in [-0.25, -0.2) is 12.7 Å². The Morgan fingerprint density at radius 1 is 1.33 bits per heavy atom. The lowest BCUT2D eigenvalue weighted by molar-refractivity contribution is 0.521. The Morgan fingerprint density at radius 2 is 2.04 bits per heavy atom. The second-order valence-corrected chi connectivity index (χ2v) is 8.72. The van der Waals surface area contributed by atoms with E-state index in [-0.39, 0.29) is 0 Å². The Labute approximate surface area is 143 Å². The molecule has 1 aromatic heterocycles. The molecule has 1 N–H and O–H groups in total. The number of rotatable bonds is 6. The average Bonchev–Trinajstić information content (AvgIpc) is 3.29. The Morgan fingerprint density at radius 3 is 2.67 bits per heavy atom. The van der Waals surface area contributed by atoms with Crippen LogP contribution in [0.3, 0.4) is 0 Å². The first-order valence-corrected chi connectivity index (χ1v) is 9.52. The van der Waals surface area contributed by atoms with Gasteiger partial charge in [0.2, 0.25) is 10.0 Å². The van der Waals surface area contributed by atoms with Gasteiger partial charge in [0, 0.05) is 50.6 Å². The number of hydrogen-bond donors (Lipinski definition) is 1. The SMILES string of the molecule is Cc1ccc(S(=O)(=O)N(C)C)cc1NCc1cnn(C)c1C1CC1. The molecule has 1 aliphatic rings. The molecule has 1 aromatic carbocycles. The zero-order valence-corrected chi connectivity index (χ0v) is 15.4. The third-order valence-corrected chi connectivity index (χ3v) is 6.30. The fourth-order valence-corrected chi connectivity index (χ4v) is 3.79. The number of nitrogens with one attached hydrogen (secondary N) is 1. The fraction of sp³-hybridized carbons (Fsp3) is 0.471. The van der Waals surface area contributed by atoms with Gasteiger partial charge in [0.1, 0.15) is 0 Å². The molecule has 0 unspecified atom stereocenters. The second kappa shape index (κ2) is 6.22. The summed E-state index contributed by atoms with van der Waals surface area (Å²) in [5.74, 6) is 0.621. The average molecular weight is 348 g/mol. The van der Waals surface area contributed by atoms with Crippen LogP contribution in [0.2, 0.25) is 0 Å². The minimum absolute atomic E-state index is 0.300. The van der Waals surface area contributed by atoms with Crippen LogP contribution in [-0.4, -0.2) is 36.6 Å². The Balaban J connectivity index is 1.83. The predicted octanol–water partition coefficient (Wildman–Crippen LogP) is 2.47. The summed E-state index contributed by atoms with van der Waals surface area (Å²) in [6.45, 7) is 2.62. The molecule has 0 atom stereocenters. The first kappa shape index (κ1) is 17.0. The van der Waals surface area contributed by atoms with E-state index in [4.69, 9.17) is 0 Å². The van der Waals surface area contributed by atoms with E-state index in [1.165, 1.54) is 28.4 Å². The molecule has 0 bridgehead atoms. The van der Waals surface area contributed by atoms with E-state index in [1.807, 2.05) is 30.9 Å². The molecule has 1 saturated carbocycles. The van der Waals surface area contributed by atoms with Crippen molar-refractivity contribution in [2.75, 3.05) is 19.4 Å². The van der Waals surface area contributed by atoms with Gasteiger partial charge in [-0.15, -0.1) is 0 Å². The molecule has 0 amide bonds. The maximum Gasteiger partial charge on any atom is 0.242 e. The summed E-state index contributed by atoms with van der Waals surface area (Å²) in [6.07, 6.45) is 4.35. The third-order valence-electron chi connectivity index (χ3n) is 4.49. The van der Waals surface area contributed by atoms with E-state index in [0.29, 0.717) is 17.4 Å². The summed E-state index contributed by atoms with van der Waals surface area (Å²) in [4.78, 5) is 0.300. The highest BCUT2D eigenvalue weighted by atomic mass is 32.2. The van der Waals surface area contributed by atoms with Crippen molar-refractivity contribution in [1.82, 2.24) is 14.1 Å². The minimum atomic E-state index is -3.43. The van der Waals surface area contributed by atoms with Gasteiger partial charge in [0.05, 0.1) is 11.1 Å². The van der Waals surface area contributed by atoms with E-state index >= 15 is 0 Å². The van der Waals surface area contributed by atoms with Crippen molar-refractivity contribution < 1.29 is 8.42 Å². The van der Waals surface area contributed by atoms with Crippen LogP contribution in [0.1, 0.15) is 35.6 Å². The maximum absolute atomic E-state index is 12.3. The lowest BCUT2D eigenvalue weighted by Gasteiger charge is -2.15. The second-order valence-electron chi connectivity index (χ2n) is 6.57. The molecule has 1 aliphatic carbocycles. The molecule has 1 heterocycles. The number of aryl methyl sites for hydroxylation is 2. The van der Waals surface area contributed by atoms with E-state index < -0.39 is 10.0 Å². The van der Waals surface area contributed by atoms with Crippen molar-refractivity contribution >= 4 is 15.7 Å². The largest absolute Gasteiger partial charge is 0.381 e. The molecule has 7 heteroatoms. The highest BCUT2D eigenvalue weighted by Crippen LogP contribution is 2.41. The van der Waals surface area contributed by atoms with Gasteiger partial charge in [-0.2, -0.15) is 5.10 Å². The van der Waals surface area contributed by atoms with Gasteiger partial charge >= 0.3 is 0 Å². The number of sulfonamides is 1. The lowest BCUT2D eigenvalue weighted by Crippen LogP contribution is -2.22. The summed E-state index contributed by atoms with van der Waals surface area (Å²) >= 11 is 0. The molecule has 6 nitrogen and oxygen atoms in total. The lowest BCUT2D eigenvalue weighted by atomic mass is 10.1. The topological polar surface area (TPSA) is 67.2 Å². The molecule has 2 aromatic rings. The van der Waals surface area contributed by atoms with Gasteiger partial charge < -0.3 is 5.32 Å². The van der Waals surface area contributed by atoms with Gasteiger partial charge in [0.25, 0.3) is 0 Å². The molecule has 0 saturated heterocycles. The minimum Gasteiger partial charge on any atom is -0.381 e. The highest BCUT2D eigenvalue weighted by molar-refractivity contribution is 7.89. The molecular weight excluding hydrogens is 324 g/mol. The van der Waals surface area contributed by atoms with E-state index in [9.17, 15) is 8.42 Å². The standard InChI is InChI=1S/C17H24N4O2S/c1-12-5-8-15(24(22,23)20(2)3)9-16(12)18-10-14-11-19-21(4)17(14)13-6-7-13/h5,8-9,11,13,18H,6-7,10H2,1-4H3. The summed E-state index contributed by atoms with van der Waals surface area (Å²) < 4.78 is 27.8. The quantitative estimate of drug-likeness (QED) is 0.871. The van der Waals surface area contributed by atoms with Gasteiger partial charge in [-0.3, -0.25) is 4.68 Å². The van der Waals surface area contributed by atoms with Crippen LogP contribution in [0.25, 0.3) is 0 Å². The van der Waals surface area contributed by atoms with Crippen LogP contribution in [0.4, 0.5) is 5.69 Å². The molecule has 0 spiro atoms. The van der Waals surface area contributed by atoms with E-state index in [1.54, 1.807) is 26.2 Å². The van der Waals surface area contributed by atoms with Crippen LogP contribution in [-0.2, 0) is 23.6 Å². The predicted molar refractivity (Wildman–Crippen MR) is 94.6 cm³/mol. The van der Waals surface area contributed by atoms with Crippen LogP contribution >= 0.6 is 0 Å². The fourth-order valence-electron chi connectivity index (χ4n) is 2.87. The first-order chi connectivity index (χ1) is 11.3. The molecule has 24 heavy (non-hydrogen) atoms. The van der Waals surface area contributed by atoms with Crippen molar-refractivity contribution in [3.8, 4) is 0 Å². The Bertz CT molecular complexity index is 851. The summed E-state index contributed by atoms with van der Waals surface area (Å²) in [7, 11) is 1.63. The van der Waals surface area contributed by atoms with E-state index in [2.05, 4.69) is 10.4 Å². The summed E-state index contributed by atoms with van der Waals surface area (Å²) in [5.41, 5.74) is 4.32. The molecule has 0 radical (unpaired) electrons.